The van der Waals surface area contributed by atoms with Crippen molar-refractivity contribution in [2.24, 2.45) is 5.73 Å². The number of hydrogen-bond acceptors (Lipinski definition) is 2. The van der Waals surface area contributed by atoms with Crippen LogP contribution in [0.15, 0.2) is 24.3 Å². The molecule has 0 heterocycles. The van der Waals surface area contributed by atoms with Gasteiger partial charge in [-0.15, -0.1) is 0 Å². The van der Waals surface area contributed by atoms with E-state index in [0.717, 1.165) is 13.0 Å². The Morgan fingerprint density at radius 3 is 2.29 bits per heavy atom. The van der Waals surface area contributed by atoms with Gasteiger partial charge in [0.05, 0.1) is 0 Å². The van der Waals surface area contributed by atoms with Crippen LogP contribution in [0.5, 0.6) is 0 Å². The number of benzene rings is 1. The van der Waals surface area contributed by atoms with E-state index in [9.17, 15) is 0 Å². The Balaban J connectivity index is 2.43. The van der Waals surface area contributed by atoms with E-state index in [1.807, 2.05) is 0 Å². The molecule has 2 nitrogen and oxygen atoms in total. The van der Waals surface area contributed by atoms with Gasteiger partial charge in [-0.05, 0) is 24.5 Å². The van der Waals surface area contributed by atoms with E-state index in [2.05, 4.69) is 43.4 Å². The molecule has 1 aromatic rings. The first-order valence-corrected chi connectivity index (χ1v) is 5.27. The fraction of sp³-hybridized carbons (Fsp3) is 0.500. The molecular formula is C12H20N2. The first-order chi connectivity index (χ1) is 6.76. The average molecular weight is 192 g/mol. The highest BCUT2D eigenvalue weighted by atomic mass is 14.9. The third kappa shape index (κ3) is 3.48. The molecule has 0 saturated carbocycles. The van der Waals surface area contributed by atoms with Gasteiger partial charge in [0, 0.05) is 19.1 Å². The second-order valence-electron chi connectivity index (χ2n) is 3.69. The molecule has 1 aromatic carbocycles. The molecule has 2 heteroatoms. The summed E-state index contributed by atoms with van der Waals surface area (Å²) < 4.78 is 0. The lowest BCUT2D eigenvalue weighted by Crippen LogP contribution is -2.32. The van der Waals surface area contributed by atoms with Gasteiger partial charge in [0.15, 0.2) is 0 Å². The predicted molar refractivity (Wildman–Crippen MR) is 61.2 cm³/mol. The molecule has 0 radical (unpaired) electrons. The van der Waals surface area contributed by atoms with Crippen LogP contribution in [-0.2, 0) is 13.0 Å². The molecule has 0 unspecified atom stereocenters. The second-order valence-corrected chi connectivity index (χ2v) is 3.69. The van der Waals surface area contributed by atoms with Gasteiger partial charge >= 0.3 is 0 Å². The highest BCUT2D eigenvalue weighted by Crippen LogP contribution is 2.04. The quantitative estimate of drug-likeness (QED) is 0.745. The molecule has 0 fully saturated rings. The number of rotatable bonds is 5. The van der Waals surface area contributed by atoms with Crippen LogP contribution in [0.25, 0.3) is 0 Å². The Morgan fingerprint density at radius 2 is 1.79 bits per heavy atom. The maximum atomic E-state index is 5.52. The Bertz CT molecular complexity index is 254. The van der Waals surface area contributed by atoms with Crippen molar-refractivity contribution in [1.82, 2.24) is 5.32 Å². The van der Waals surface area contributed by atoms with Gasteiger partial charge in [0.2, 0.25) is 0 Å². The van der Waals surface area contributed by atoms with Crippen LogP contribution in [0.4, 0.5) is 0 Å². The molecule has 0 aliphatic rings. The van der Waals surface area contributed by atoms with E-state index in [1.165, 1.54) is 11.1 Å². The van der Waals surface area contributed by atoms with Crippen molar-refractivity contribution in [3.05, 3.63) is 35.4 Å². The van der Waals surface area contributed by atoms with Crippen molar-refractivity contribution < 1.29 is 0 Å². The minimum absolute atomic E-state index is 0.390. The average Bonchev–Trinajstić information content (AvgIpc) is 2.26. The summed E-state index contributed by atoms with van der Waals surface area (Å²) in [6.45, 7) is 5.86. The molecule has 0 aromatic heterocycles. The van der Waals surface area contributed by atoms with E-state index in [4.69, 9.17) is 5.73 Å². The van der Waals surface area contributed by atoms with Crippen LogP contribution in [0.2, 0.25) is 0 Å². The minimum Gasteiger partial charge on any atom is -0.329 e. The van der Waals surface area contributed by atoms with Gasteiger partial charge in [-0.1, -0.05) is 31.2 Å². The topological polar surface area (TPSA) is 38.0 Å². The van der Waals surface area contributed by atoms with Crippen LogP contribution in [-0.4, -0.2) is 12.6 Å². The molecular weight excluding hydrogens is 172 g/mol. The Morgan fingerprint density at radius 1 is 1.21 bits per heavy atom. The van der Waals surface area contributed by atoms with Gasteiger partial charge in [-0.2, -0.15) is 0 Å². The fourth-order valence-corrected chi connectivity index (χ4v) is 1.27. The van der Waals surface area contributed by atoms with E-state index in [0.29, 0.717) is 12.6 Å². The smallest absolute Gasteiger partial charge is 0.0208 e. The monoisotopic (exact) mass is 192 g/mol. The van der Waals surface area contributed by atoms with Crippen LogP contribution < -0.4 is 11.1 Å². The van der Waals surface area contributed by atoms with Gasteiger partial charge in [-0.25, -0.2) is 0 Å². The maximum Gasteiger partial charge on any atom is 0.0208 e. The first kappa shape index (κ1) is 11.2. The molecule has 0 saturated heterocycles. The standard InChI is InChI=1S/C12H20N2/c1-3-11-4-6-12(7-5-11)9-14-10(2)8-13/h4-7,10,14H,3,8-9,13H2,1-2H3/t10-/m1/s1. The Kier molecular flexibility index (Phi) is 4.63. The summed E-state index contributed by atoms with van der Waals surface area (Å²) in [4.78, 5) is 0. The Labute approximate surface area is 86.5 Å². The van der Waals surface area contributed by atoms with E-state index in [1.54, 1.807) is 0 Å². The molecule has 78 valence electrons. The van der Waals surface area contributed by atoms with Crippen molar-refractivity contribution in [2.45, 2.75) is 32.9 Å². The SMILES string of the molecule is CCc1ccc(CN[C@H](C)CN)cc1. The molecule has 0 amide bonds. The van der Waals surface area contributed by atoms with Crippen molar-refractivity contribution in [3.8, 4) is 0 Å². The highest BCUT2D eigenvalue weighted by molar-refractivity contribution is 5.22. The summed E-state index contributed by atoms with van der Waals surface area (Å²) in [6, 6.07) is 9.11. The lowest BCUT2D eigenvalue weighted by molar-refractivity contribution is 0.556. The van der Waals surface area contributed by atoms with Crippen molar-refractivity contribution in [1.29, 1.82) is 0 Å². The third-order valence-electron chi connectivity index (χ3n) is 2.44. The summed E-state index contributed by atoms with van der Waals surface area (Å²) in [5, 5.41) is 3.36. The zero-order chi connectivity index (χ0) is 10.4. The molecule has 14 heavy (non-hydrogen) atoms. The maximum absolute atomic E-state index is 5.52. The molecule has 0 aliphatic heterocycles. The minimum atomic E-state index is 0.390. The highest BCUT2D eigenvalue weighted by Gasteiger charge is 1.97. The zero-order valence-electron chi connectivity index (χ0n) is 9.09. The van der Waals surface area contributed by atoms with Crippen LogP contribution in [0, 0.1) is 0 Å². The number of hydrogen-bond donors (Lipinski definition) is 2. The summed E-state index contributed by atoms with van der Waals surface area (Å²) in [6.07, 6.45) is 1.10. The van der Waals surface area contributed by atoms with Gasteiger partial charge in [0.1, 0.15) is 0 Å². The molecule has 1 atom stereocenters. The normalized spacial score (nSPS) is 12.8. The molecule has 1 rings (SSSR count). The fourth-order valence-electron chi connectivity index (χ4n) is 1.27. The van der Waals surface area contributed by atoms with Crippen molar-refractivity contribution >= 4 is 0 Å². The summed E-state index contributed by atoms with van der Waals surface area (Å²) in [7, 11) is 0. The van der Waals surface area contributed by atoms with E-state index in [-0.39, 0.29) is 0 Å². The lowest BCUT2D eigenvalue weighted by Gasteiger charge is -2.11. The third-order valence-corrected chi connectivity index (χ3v) is 2.44. The van der Waals surface area contributed by atoms with Crippen molar-refractivity contribution in [2.75, 3.05) is 6.54 Å². The summed E-state index contributed by atoms with van der Waals surface area (Å²) >= 11 is 0. The largest absolute Gasteiger partial charge is 0.329 e. The summed E-state index contributed by atoms with van der Waals surface area (Å²) in [5.41, 5.74) is 8.23. The first-order valence-electron chi connectivity index (χ1n) is 5.27. The van der Waals surface area contributed by atoms with Gasteiger partial charge in [-0.3, -0.25) is 0 Å². The predicted octanol–water partition coefficient (Wildman–Crippen LogP) is 1.69. The van der Waals surface area contributed by atoms with Crippen LogP contribution in [0.3, 0.4) is 0 Å². The van der Waals surface area contributed by atoms with Crippen LogP contribution >= 0.6 is 0 Å². The zero-order valence-corrected chi connectivity index (χ0v) is 9.09. The molecule has 0 spiro atoms. The number of aryl methyl sites for hydroxylation is 1. The van der Waals surface area contributed by atoms with Gasteiger partial charge < -0.3 is 11.1 Å². The number of nitrogens with two attached hydrogens (primary N) is 1. The van der Waals surface area contributed by atoms with Crippen molar-refractivity contribution in [3.63, 3.8) is 0 Å². The number of nitrogens with one attached hydrogen (secondary N) is 1. The van der Waals surface area contributed by atoms with Crippen LogP contribution in [0.1, 0.15) is 25.0 Å². The molecule has 0 aliphatic carbocycles. The molecule has 0 bridgehead atoms. The van der Waals surface area contributed by atoms with E-state index >= 15 is 0 Å². The Hall–Kier alpha value is -0.860. The van der Waals surface area contributed by atoms with Gasteiger partial charge in [0.25, 0.3) is 0 Å². The second kappa shape index (κ2) is 5.78. The summed E-state index contributed by atoms with van der Waals surface area (Å²) in [5.74, 6) is 0. The van der Waals surface area contributed by atoms with E-state index < -0.39 is 0 Å². The molecule has 3 N–H and O–H groups in total. The lowest BCUT2D eigenvalue weighted by atomic mass is 10.1.